The number of nitrogens with zero attached hydrogens (tertiary/aromatic N) is 4. The Bertz CT molecular complexity index is 2030. The molecular formula is C58H102N10O14. The van der Waals surface area contributed by atoms with Gasteiger partial charge in [0.05, 0.1) is 14.2 Å². The van der Waals surface area contributed by atoms with Crippen LogP contribution < -0.4 is 31.9 Å². The summed E-state index contributed by atoms with van der Waals surface area (Å²) >= 11 is 0. The van der Waals surface area contributed by atoms with Crippen LogP contribution in [0.15, 0.2) is 0 Å². The number of methoxy groups -OCH3 is 2. The molecule has 24 heteroatoms. The van der Waals surface area contributed by atoms with Crippen LogP contribution in [0.2, 0.25) is 0 Å². The summed E-state index contributed by atoms with van der Waals surface area (Å²) in [7, 11) is 9.73. The third kappa shape index (κ3) is 22.1. The molecule has 0 aromatic rings. The van der Waals surface area contributed by atoms with E-state index in [4.69, 9.17) is 18.9 Å². The number of hydrogen-bond donors (Lipinski definition) is 6. The number of alkyl carbamates (subject to hydrolysis) is 2. The van der Waals surface area contributed by atoms with Crippen LogP contribution in [-0.4, -0.2) is 206 Å². The minimum atomic E-state index is -1.19. The SMILES string of the molecule is COC(=O)[C@H](CC(C)C)NC(=O)C1(NC(=O)[C@H]2CCCN2C(=O)[C@H](CN(C)C)NC(=O)OC(C)(C)C)CCCCC1.COC(=O)[C@H](CC(C)C)NC(=O)C1(NC(=O)[C@H]2CCCN2C(=O)[C@H](CN(C)C)NC(=O)OC(C)(C)C)CCCCC1. The van der Waals surface area contributed by atoms with Gasteiger partial charge in [-0.3, -0.25) is 28.8 Å². The Hall–Kier alpha value is -5.78. The second-order valence-corrected chi connectivity index (χ2v) is 25.9. The number of esters is 2. The molecule has 2 aliphatic heterocycles. The van der Waals surface area contributed by atoms with Gasteiger partial charge in [0.1, 0.15) is 58.5 Å². The Kier molecular flexibility index (Phi) is 27.3. The van der Waals surface area contributed by atoms with Crippen molar-refractivity contribution in [3.8, 4) is 0 Å². The van der Waals surface area contributed by atoms with Crippen LogP contribution >= 0.6 is 0 Å². The van der Waals surface area contributed by atoms with Gasteiger partial charge >= 0.3 is 24.1 Å². The van der Waals surface area contributed by atoms with Gasteiger partial charge in [-0.05, 0) is 146 Å². The van der Waals surface area contributed by atoms with E-state index >= 15 is 0 Å². The summed E-state index contributed by atoms with van der Waals surface area (Å²) < 4.78 is 20.6. The van der Waals surface area contributed by atoms with Crippen molar-refractivity contribution in [3.05, 3.63) is 0 Å². The Morgan fingerprint density at radius 2 is 0.805 bits per heavy atom. The number of ether oxygens (including phenoxy) is 4. The van der Waals surface area contributed by atoms with Crippen molar-refractivity contribution in [1.82, 2.24) is 51.5 Å². The summed E-state index contributed by atoms with van der Waals surface area (Å²) in [5, 5.41) is 17.0. The third-order valence-electron chi connectivity index (χ3n) is 14.8. The smallest absolute Gasteiger partial charge is 0.408 e. The van der Waals surface area contributed by atoms with Gasteiger partial charge in [0.15, 0.2) is 0 Å². The van der Waals surface area contributed by atoms with E-state index in [0.717, 1.165) is 38.5 Å². The predicted molar refractivity (Wildman–Crippen MR) is 308 cm³/mol. The highest BCUT2D eigenvalue weighted by molar-refractivity contribution is 5.99. The van der Waals surface area contributed by atoms with Crippen LogP contribution in [-0.2, 0) is 57.3 Å². The number of amides is 8. The molecular weight excluding hydrogens is 1060 g/mol. The van der Waals surface area contributed by atoms with E-state index in [0.29, 0.717) is 77.3 Å². The molecule has 2 aliphatic carbocycles. The molecule has 0 aromatic heterocycles. The molecule has 8 amide bonds. The first-order chi connectivity index (χ1) is 38.2. The van der Waals surface area contributed by atoms with Gasteiger partial charge in [-0.15, -0.1) is 0 Å². The molecule has 4 rings (SSSR count). The number of nitrogens with one attached hydrogen (secondary N) is 6. The van der Waals surface area contributed by atoms with Crippen LogP contribution in [0, 0.1) is 11.8 Å². The largest absolute Gasteiger partial charge is 0.467 e. The third-order valence-corrected chi connectivity index (χ3v) is 14.8. The number of carbonyl (C=O) groups excluding carboxylic acids is 10. The molecule has 4 fully saturated rings. The van der Waals surface area contributed by atoms with Crippen LogP contribution in [0.5, 0.6) is 0 Å². The van der Waals surface area contributed by atoms with Gasteiger partial charge in [-0.1, -0.05) is 66.2 Å². The molecule has 468 valence electrons. The first kappa shape index (κ1) is 70.5. The van der Waals surface area contributed by atoms with Crippen molar-refractivity contribution in [1.29, 1.82) is 0 Å². The van der Waals surface area contributed by atoms with Gasteiger partial charge in [-0.2, -0.15) is 0 Å². The molecule has 6 atom stereocenters. The predicted octanol–water partition coefficient (Wildman–Crippen LogP) is 3.91. The van der Waals surface area contributed by atoms with Crippen LogP contribution in [0.3, 0.4) is 0 Å². The zero-order valence-electron chi connectivity index (χ0n) is 52.3. The van der Waals surface area contributed by atoms with Gasteiger partial charge in [-0.25, -0.2) is 19.2 Å². The fourth-order valence-corrected chi connectivity index (χ4v) is 11.0. The number of carbonyl (C=O) groups is 10. The highest BCUT2D eigenvalue weighted by Gasteiger charge is 2.48. The lowest BCUT2D eigenvalue weighted by molar-refractivity contribution is -0.148. The molecule has 0 radical (unpaired) electrons. The summed E-state index contributed by atoms with van der Waals surface area (Å²) in [6, 6.07) is -5.05. The van der Waals surface area contributed by atoms with Gasteiger partial charge in [0, 0.05) is 26.2 Å². The van der Waals surface area contributed by atoms with E-state index < -0.39 is 106 Å². The van der Waals surface area contributed by atoms with Crippen LogP contribution in [0.4, 0.5) is 9.59 Å². The maximum atomic E-state index is 13.7. The van der Waals surface area contributed by atoms with E-state index in [1.165, 1.54) is 24.0 Å². The molecule has 2 saturated carbocycles. The van der Waals surface area contributed by atoms with E-state index in [1.54, 1.807) is 79.5 Å². The average Bonchev–Trinajstić information content (AvgIpc) is 4.08. The minimum Gasteiger partial charge on any atom is -0.467 e. The van der Waals surface area contributed by atoms with Crippen molar-refractivity contribution < 1.29 is 66.9 Å². The van der Waals surface area contributed by atoms with Crippen molar-refractivity contribution in [2.24, 2.45) is 11.8 Å². The van der Waals surface area contributed by atoms with E-state index in [1.807, 2.05) is 27.7 Å². The monoisotopic (exact) mass is 1160 g/mol. The highest BCUT2D eigenvalue weighted by Crippen LogP contribution is 2.32. The van der Waals surface area contributed by atoms with Crippen LogP contribution in [0.25, 0.3) is 0 Å². The van der Waals surface area contributed by atoms with Crippen LogP contribution in [0.1, 0.15) is 172 Å². The van der Waals surface area contributed by atoms with Crippen molar-refractivity contribution in [2.45, 2.75) is 231 Å². The zero-order valence-corrected chi connectivity index (χ0v) is 52.3. The number of likely N-dealkylation sites (N-methyl/N-ethyl adjacent to an activating group) is 2. The minimum absolute atomic E-state index is 0.138. The Labute approximate surface area is 487 Å². The fraction of sp³-hybridized carbons (Fsp3) is 0.828. The molecule has 6 N–H and O–H groups in total. The fourth-order valence-electron chi connectivity index (χ4n) is 11.0. The summed E-state index contributed by atoms with van der Waals surface area (Å²) in [6.45, 7) is 19.4. The standard InChI is InChI=1S/2C29H51N5O7/c2*1-19(2)17-20(25(37)40-8)30-26(38)29(14-10-9-11-15-29)32-23(35)22-13-12-16-34(22)24(36)21(18-33(6)7)31-27(39)41-28(3,4)5/h2*19-22H,9-18H2,1-8H3,(H,30,38)(H,31,39)(H,32,35)/t2*20-,21-,22+/m00/s1. The number of rotatable bonds is 22. The van der Waals surface area contributed by atoms with Crippen molar-refractivity contribution in [2.75, 3.05) is 68.6 Å². The lowest BCUT2D eigenvalue weighted by Crippen LogP contribution is -2.65. The number of hydrogen-bond acceptors (Lipinski definition) is 16. The Morgan fingerprint density at radius 1 is 0.488 bits per heavy atom. The van der Waals surface area contributed by atoms with E-state index in [-0.39, 0.29) is 36.7 Å². The molecule has 0 unspecified atom stereocenters. The normalized spacial score (nSPS) is 20.2. The van der Waals surface area contributed by atoms with Gasteiger partial charge in [0.2, 0.25) is 35.4 Å². The average molecular weight is 1160 g/mol. The molecule has 0 aromatic carbocycles. The summed E-state index contributed by atoms with van der Waals surface area (Å²) in [5.41, 5.74) is -3.84. The lowest BCUT2D eigenvalue weighted by Gasteiger charge is -2.39. The number of likely N-dealkylation sites (tertiary alicyclic amines) is 2. The first-order valence-corrected chi connectivity index (χ1v) is 29.5. The highest BCUT2D eigenvalue weighted by atomic mass is 16.6. The second kappa shape index (κ2) is 31.8. The summed E-state index contributed by atoms with van der Waals surface area (Å²) in [4.78, 5) is 139. The summed E-state index contributed by atoms with van der Waals surface area (Å²) in [5.74, 6) is -3.18. The van der Waals surface area contributed by atoms with E-state index in [9.17, 15) is 47.9 Å². The molecule has 0 spiro atoms. The van der Waals surface area contributed by atoms with E-state index in [2.05, 4.69) is 31.9 Å². The quantitative estimate of drug-likeness (QED) is 0.0662. The molecule has 4 aliphatic rings. The molecule has 82 heavy (non-hydrogen) atoms. The van der Waals surface area contributed by atoms with Crippen molar-refractivity contribution in [3.63, 3.8) is 0 Å². The molecule has 2 saturated heterocycles. The molecule has 2 heterocycles. The molecule has 0 bridgehead atoms. The van der Waals surface area contributed by atoms with Gasteiger partial charge in [0.25, 0.3) is 0 Å². The Morgan fingerprint density at radius 3 is 1.07 bits per heavy atom. The first-order valence-electron chi connectivity index (χ1n) is 29.5. The van der Waals surface area contributed by atoms with Crippen molar-refractivity contribution >= 4 is 59.6 Å². The summed E-state index contributed by atoms with van der Waals surface area (Å²) in [6.07, 6.45) is 8.11. The lowest BCUT2D eigenvalue weighted by atomic mass is 9.80. The maximum absolute atomic E-state index is 13.7. The maximum Gasteiger partial charge on any atom is 0.408 e. The zero-order chi connectivity index (χ0) is 61.9. The Balaban J connectivity index is 0.000000430. The second-order valence-electron chi connectivity index (χ2n) is 25.9. The molecule has 24 nitrogen and oxygen atoms in total. The van der Waals surface area contributed by atoms with Gasteiger partial charge < -0.3 is 70.4 Å². The topological polar surface area (TPSA) is 293 Å².